The van der Waals surface area contributed by atoms with Gasteiger partial charge < -0.3 is 19.9 Å². The Morgan fingerprint density at radius 3 is 2.18 bits per heavy atom. The Morgan fingerprint density at radius 2 is 1.64 bits per heavy atom. The Bertz CT molecular complexity index is 843. The zero-order valence-corrected chi connectivity index (χ0v) is 20.0. The topological polar surface area (TPSA) is 111 Å². The van der Waals surface area contributed by atoms with Crippen molar-refractivity contribution in [3.63, 3.8) is 0 Å². The molecule has 3 amide bonds. The van der Waals surface area contributed by atoms with E-state index in [1.807, 2.05) is 4.90 Å². The average molecular weight is 461 g/mol. The van der Waals surface area contributed by atoms with Crippen LogP contribution in [-0.2, 0) is 19.7 Å². The highest BCUT2D eigenvalue weighted by Gasteiger charge is 2.42. The van der Waals surface area contributed by atoms with Crippen LogP contribution >= 0.6 is 0 Å². The number of hydroxylamine groups is 1. The quantitative estimate of drug-likeness (QED) is 0.470. The first-order chi connectivity index (χ1) is 15.6. The largest absolute Gasteiger partial charge is 0.446 e. The minimum atomic E-state index is -0.742. The maximum absolute atomic E-state index is 13.3. The van der Waals surface area contributed by atoms with Crippen LogP contribution in [0.2, 0.25) is 0 Å². The minimum Gasteiger partial charge on any atom is -0.446 e. The summed E-state index contributed by atoms with van der Waals surface area (Å²) in [5, 5.41) is 11.6. The summed E-state index contributed by atoms with van der Waals surface area (Å²) in [6.45, 7) is 9.14. The summed E-state index contributed by atoms with van der Waals surface area (Å²) in [5.74, 6) is -1.98. The van der Waals surface area contributed by atoms with Crippen molar-refractivity contribution >= 4 is 23.6 Å². The summed E-state index contributed by atoms with van der Waals surface area (Å²) in [7, 11) is 1.47. The fourth-order valence-corrected chi connectivity index (χ4v) is 4.71. The van der Waals surface area contributed by atoms with E-state index >= 15 is 0 Å². The van der Waals surface area contributed by atoms with E-state index in [1.54, 1.807) is 5.48 Å². The van der Waals surface area contributed by atoms with Crippen LogP contribution in [0.25, 0.3) is 0 Å². The molecule has 2 fully saturated rings. The normalized spacial score (nSPS) is 23.6. The molecular formula is C24H36N4O5. The van der Waals surface area contributed by atoms with Crippen LogP contribution in [0.3, 0.4) is 0 Å². The lowest BCUT2D eigenvalue weighted by molar-refractivity contribution is -0.149. The van der Waals surface area contributed by atoms with Crippen molar-refractivity contribution in [2.75, 3.05) is 38.1 Å². The number of amides is 3. The molecule has 0 radical (unpaired) electrons. The van der Waals surface area contributed by atoms with Gasteiger partial charge in [-0.1, -0.05) is 32.9 Å². The first-order valence-electron chi connectivity index (χ1n) is 11.6. The van der Waals surface area contributed by atoms with Gasteiger partial charge in [-0.05, 0) is 42.4 Å². The average Bonchev–Trinajstić information content (AvgIpc) is 2.82. The lowest BCUT2D eigenvalue weighted by Gasteiger charge is -2.40. The molecule has 0 bridgehead atoms. The summed E-state index contributed by atoms with van der Waals surface area (Å²) in [4.78, 5) is 41.2. The molecule has 1 aliphatic carbocycles. The number of anilines is 1. The Morgan fingerprint density at radius 1 is 1.00 bits per heavy atom. The lowest BCUT2D eigenvalue weighted by Crippen LogP contribution is -2.53. The number of benzene rings is 1. The summed E-state index contributed by atoms with van der Waals surface area (Å²) >= 11 is 0. The predicted octanol–water partition coefficient (Wildman–Crippen LogP) is 2.28. The van der Waals surface area contributed by atoms with E-state index in [0.29, 0.717) is 39.0 Å². The second-order valence-electron chi connectivity index (χ2n) is 9.89. The molecule has 3 atom stereocenters. The molecular weight excluding hydrogens is 424 g/mol. The van der Waals surface area contributed by atoms with Crippen LogP contribution in [0.15, 0.2) is 24.3 Å². The molecule has 3 N–H and O–H groups in total. The predicted molar refractivity (Wildman–Crippen MR) is 124 cm³/mol. The van der Waals surface area contributed by atoms with Gasteiger partial charge in [-0.2, -0.15) is 0 Å². The van der Waals surface area contributed by atoms with Crippen LogP contribution in [0.1, 0.15) is 45.6 Å². The molecule has 182 valence electrons. The highest BCUT2D eigenvalue weighted by Crippen LogP contribution is 2.34. The number of nitrogens with one attached hydrogen (secondary N) is 2. The van der Waals surface area contributed by atoms with Gasteiger partial charge in [0.05, 0.1) is 11.8 Å². The Hall–Kier alpha value is -2.81. The molecule has 1 heterocycles. The zero-order valence-electron chi connectivity index (χ0n) is 20.0. The molecule has 1 aromatic carbocycles. The van der Waals surface area contributed by atoms with Crippen molar-refractivity contribution in [1.82, 2.24) is 15.7 Å². The summed E-state index contributed by atoms with van der Waals surface area (Å²) in [6, 6.07) is 8.58. The van der Waals surface area contributed by atoms with E-state index in [1.165, 1.54) is 12.6 Å². The third-order valence-electron chi connectivity index (χ3n) is 6.73. The molecule has 2 aliphatic rings. The molecule has 0 spiro atoms. The SMILES string of the molecule is CNC(=O)O[C@H]1CC[C@H](C(=O)N2CCN(c3ccc(C(C)(C)C)cc3)CC2)[C@@H](C(=O)NO)C1. The molecule has 33 heavy (non-hydrogen) atoms. The second-order valence-corrected chi connectivity index (χ2v) is 9.89. The molecule has 1 aromatic rings. The highest BCUT2D eigenvalue weighted by atomic mass is 16.6. The Balaban J connectivity index is 1.60. The van der Waals surface area contributed by atoms with Crippen molar-refractivity contribution in [2.45, 2.75) is 51.6 Å². The van der Waals surface area contributed by atoms with Gasteiger partial charge in [0.2, 0.25) is 11.8 Å². The van der Waals surface area contributed by atoms with Crippen molar-refractivity contribution in [2.24, 2.45) is 11.8 Å². The number of ether oxygens (including phenoxy) is 1. The Kier molecular flexibility index (Phi) is 7.84. The van der Waals surface area contributed by atoms with Gasteiger partial charge in [0.1, 0.15) is 6.10 Å². The third-order valence-corrected chi connectivity index (χ3v) is 6.73. The van der Waals surface area contributed by atoms with E-state index < -0.39 is 29.9 Å². The van der Waals surface area contributed by atoms with E-state index in [2.05, 4.69) is 55.3 Å². The minimum absolute atomic E-state index is 0.0790. The maximum Gasteiger partial charge on any atom is 0.407 e. The smallest absolute Gasteiger partial charge is 0.407 e. The van der Waals surface area contributed by atoms with Crippen LogP contribution < -0.4 is 15.7 Å². The standard InChI is InChI=1S/C24H36N4O5/c1-24(2,3)16-5-7-17(8-6-16)27-11-13-28(14-12-27)22(30)19-10-9-18(33-23(31)25-4)15-20(19)21(29)26-32/h5-8,18-20,32H,9-15H2,1-4H3,(H,25,31)(H,26,29)/t18-,19-,20-/m0/s1. The first kappa shape index (κ1) is 24.8. The van der Waals surface area contributed by atoms with Gasteiger partial charge in [-0.3, -0.25) is 14.8 Å². The van der Waals surface area contributed by atoms with Gasteiger partial charge in [0.15, 0.2) is 0 Å². The molecule has 1 saturated heterocycles. The van der Waals surface area contributed by atoms with Crippen LogP contribution in [0.5, 0.6) is 0 Å². The molecule has 3 rings (SSSR count). The molecule has 0 unspecified atom stereocenters. The van der Waals surface area contributed by atoms with Crippen molar-refractivity contribution in [1.29, 1.82) is 0 Å². The van der Waals surface area contributed by atoms with E-state index in [0.717, 1.165) is 5.69 Å². The number of carbonyl (C=O) groups is 3. The van der Waals surface area contributed by atoms with Crippen LogP contribution in [-0.4, -0.2) is 67.3 Å². The lowest BCUT2D eigenvalue weighted by atomic mass is 9.76. The van der Waals surface area contributed by atoms with Crippen molar-refractivity contribution in [3.8, 4) is 0 Å². The molecule has 9 nitrogen and oxygen atoms in total. The second kappa shape index (κ2) is 10.4. The zero-order chi connectivity index (χ0) is 24.2. The van der Waals surface area contributed by atoms with Crippen LogP contribution in [0.4, 0.5) is 10.5 Å². The fourth-order valence-electron chi connectivity index (χ4n) is 4.71. The summed E-state index contributed by atoms with van der Waals surface area (Å²) < 4.78 is 5.29. The Labute approximate surface area is 195 Å². The van der Waals surface area contributed by atoms with E-state index in [4.69, 9.17) is 4.74 Å². The number of hydrogen-bond acceptors (Lipinski definition) is 6. The van der Waals surface area contributed by atoms with Gasteiger partial charge >= 0.3 is 6.09 Å². The van der Waals surface area contributed by atoms with Gasteiger partial charge in [-0.25, -0.2) is 10.3 Å². The molecule has 9 heteroatoms. The number of rotatable bonds is 4. The van der Waals surface area contributed by atoms with Gasteiger partial charge in [0, 0.05) is 38.9 Å². The fraction of sp³-hybridized carbons (Fsp3) is 0.625. The molecule has 1 saturated carbocycles. The number of nitrogens with zero attached hydrogens (tertiary/aromatic N) is 2. The van der Waals surface area contributed by atoms with Gasteiger partial charge in [-0.15, -0.1) is 0 Å². The van der Waals surface area contributed by atoms with Crippen molar-refractivity contribution < 1.29 is 24.3 Å². The van der Waals surface area contributed by atoms with E-state index in [9.17, 15) is 19.6 Å². The first-order valence-corrected chi connectivity index (χ1v) is 11.6. The number of carbonyl (C=O) groups excluding carboxylic acids is 3. The molecule has 1 aliphatic heterocycles. The maximum atomic E-state index is 13.3. The summed E-state index contributed by atoms with van der Waals surface area (Å²) in [6.07, 6.45) is 0.0893. The number of alkyl carbamates (subject to hydrolysis) is 1. The summed E-state index contributed by atoms with van der Waals surface area (Å²) in [5.41, 5.74) is 4.20. The molecule has 0 aromatic heterocycles. The monoisotopic (exact) mass is 460 g/mol. The highest BCUT2D eigenvalue weighted by molar-refractivity contribution is 5.87. The van der Waals surface area contributed by atoms with Crippen LogP contribution in [0, 0.1) is 11.8 Å². The third kappa shape index (κ3) is 5.96. The number of hydrogen-bond donors (Lipinski definition) is 3. The van der Waals surface area contributed by atoms with E-state index in [-0.39, 0.29) is 17.7 Å². The van der Waals surface area contributed by atoms with Gasteiger partial charge in [0.25, 0.3) is 0 Å². The number of piperazine rings is 1. The van der Waals surface area contributed by atoms with Crippen molar-refractivity contribution in [3.05, 3.63) is 29.8 Å².